The van der Waals surface area contributed by atoms with Crippen molar-refractivity contribution in [3.63, 3.8) is 0 Å². The standard InChI is InChI=1S/C22H27F3N4O2/c1-28-11-9-17(10-12-28)26-21(30)20-18(14-29(27-20)19-4-2-3-13-31-19)15-5-7-16(8-6-15)22(23,24)25/h5-8,14,17,19H,2-4,9-13H2,1H3,(H,26,30). The van der Waals surface area contributed by atoms with Crippen LogP contribution in [0.25, 0.3) is 11.1 Å². The summed E-state index contributed by atoms with van der Waals surface area (Å²) >= 11 is 0. The largest absolute Gasteiger partial charge is 0.416 e. The van der Waals surface area contributed by atoms with E-state index in [1.165, 1.54) is 12.1 Å². The summed E-state index contributed by atoms with van der Waals surface area (Å²) in [6.45, 7) is 2.43. The lowest BCUT2D eigenvalue weighted by atomic mass is 10.0. The molecule has 2 aliphatic heterocycles. The molecule has 168 valence electrons. The van der Waals surface area contributed by atoms with Gasteiger partial charge in [-0.25, -0.2) is 4.68 Å². The number of hydrogen-bond donors (Lipinski definition) is 1. The molecule has 0 saturated carbocycles. The van der Waals surface area contributed by atoms with Crippen molar-refractivity contribution in [1.82, 2.24) is 20.0 Å². The molecule has 2 saturated heterocycles. The van der Waals surface area contributed by atoms with Crippen molar-refractivity contribution < 1.29 is 22.7 Å². The predicted molar refractivity (Wildman–Crippen MR) is 109 cm³/mol. The van der Waals surface area contributed by atoms with Gasteiger partial charge in [-0.1, -0.05) is 12.1 Å². The number of halogens is 3. The van der Waals surface area contributed by atoms with E-state index in [4.69, 9.17) is 4.74 Å². The van der Waals surface area contributed by atoms with E-state index in [0.717, 1.165) is 57.3 Å². The number of benzene rings is 1. The van der Waals surface area contributed by atoms with Crippen molar-refractivity contribution >= 4 is 5.91 Å². The van der Waals surface area contributed by atoms with Crippen LogP contribution in [0.4, 0.5) is 13.2 Å². The fourth-order valence-corrected chi connectivity index (χ4v) is 4.10. The molecule has 1 unspecified atom stereocenters. The van der Waals surface area contributed by atoms with E-state index < -0.39 is 11.7 Å². The summed E-state index contributed by atoms with van der Waals surface area (Å²) in [5.74, 6) is -0.306. The second-order valence-corrected chi connectivity index (χ2v) is 8.32. The molecule has 1 aromatic heterocycles. The SMILES string of the molecule is CN1CCC(NC(=O)c2nn(C3CCCCO3)cc2-c2ccc(C(F)(F)F)cc2)CC1. The Bertz CT molecular complexity index is 896. The summed E-state index contributed by atoms with van der Waals surface area (Å²) < 4.78 is 46.3. The van der Waals surface area contributed by atoms with Crippen molar-refractivity contribution in [1.29, 1.82) is 0 Å². The highest BCUT2D eigenvalue weighted by Crippen LogP contribution is 2.33. The van der Waals surface area contributed by atoms with Crippen LogP contribution in [-0.4, -0.2) is 53.4 Å². The van der Waals surface area contributed by atoms with Crippen molar-refractivity contribution in [3.8, 4) is 11.1 Å². The summed E-state index contributed by atoms with van der Waals surface area (Å²) in [6.07, 6.45) is 1.49. The van der Waals surface area contributed by atoms with Gasteiger partial charge in [0.15, 0.2) is 5.69 Å². The lowest BCUT2D eigenvalue weighted by Crippen LogP contribution is -2.43. The molecule has 2 fully saturated rings. The fourth-order valence-electron chi connectivity index (χ4n) is 4.10. The van der Waals surface area contributed by atoms with Crippen LogP contribution < -0.4 is 5.32 Å². The summed E-state index contributed by atoms with van der Waals surface area (Å²) in [4.78, 5) is 15.3. The quantitative estimate of drug-likeness (QED) is 0.784. The molecule has 1 N–H and O–H groups in total. The first kappa shape index (κ1) is 21.8. The lowest BCUT2D eigenvalue weighted by molar-refractivity contribution is -0.137. The average Bonchev–Trinajstić information content (AvgIpc) is 3.21. The molecule has 1 atom stereocenters. The smallest absolute Gasteiger partial charge is 0.357 e. The van der Waals surface area contributed by atoms with Crippen LogP contribution in [0.1, 0.15) is 54.4 Å². The first-order chi connectivity index (χ1) is 14.8. The Balaban J connectivity index is 1.62. The lowest BCUT2D eigenvalue weighted by Gasteiger charge is -2.29. The minimum absolute atomic E-state index is 0.0558. The number of nitrogens with one attached hydrogen (secondary N) is 1. The van der Waals surface area contributed by atoms with Crippen LogP contribution >= 0.6 is 0 Å². The van der Waals surface area contributed by atoms with Gasteiger partial charge in [-0.2, -0.15) is 18.3 Å². The van der Waals surface area contributed by atoms with Gasteiger partial charge in [0.05, 0.1) is 5.56 Å². The Morgan fingerprint density at radius 3 is 2.45 bits per heavy atom. The second-order valence-electron chi connectivity index (χ2n) is 8.32. The van der Waals surface area contributed by atoms with Gasteiger partial charge in [-0.15, -0.1) is 0 Å². The van der Waals surface area contributed by atoms with Gasteiger partial charge in [0.2, 0.25) is 0 Å². The van der Waals surface area contributed by atoms with Crippen molar-refractivity contribution in [2.24, 2.45) is 0 Å². The van der Waals surface area contributed by atoms with Gasteiger partial charge in [-0.3, -0.25) is 4.79 Å². The summed E-state index contributed by atoms with van der Waals surface area (Å²) in [5.41, 5.74) is 0.515. The first-order valence-electron chi connectivity index (χ1n) is 10.7. The minimum Gasteiger partial charge on any atom is -0.357 e. The van der Waals surface area contributed by atoms with Crippen molar-refractivity contribution in [2.45, 2.75) is 50.6 Å². The van der Waals surface area contributed by atoms with Crippen LogP contribution in [0.5, 0.6) is 0 Å². The Morgan fingerprint density at radius 2 is 1.84 bits per heavy atom. The third-order valence-electron chi connectivity index (χ3n) is 5.97. The monoisotopic (exact) mass is 436 g/mol. The van der Waals surface area contributed by atoms with E-state index in [1.807, 2.05) is 7.05 Å². The molecule has 6 nitrogen and oxygen atoms in total. The van der Waals surface area contributed by atoms with E-state index in [0.29, 0.717) is 17.7 Å². The Kier molecular flexibility index (Phi) is 6.34. The molecular weight excluding hydrogens is 409 g/mol. The molecule has 9 heteroatoms. The number of rotatable bonds is 4. The van der Waals surface area contributed by atoms with Crippen molar-refractivity contribution in [2.75, 3.05) is 26.7 Å². The molecule has 0 bridgehead atoms. The Hall–Kier alpha value is -2.39. The Morgan fingerprint density at radius 1 is 1.13 bits per heavy atom. The van der Waals surface area contributed by atoms with Crippen LogP contribution in [0, 0.1) is 0 Å². The van der Waals surface area contributed by atoms with E-state index in [1.54, 1.807) is 10.9 Å². The number of likely N-dealkylation sites (tertiary alicyclic amines) is 1. The Labute approximate surface area is 179 Å². The number of hydrogen-bond acceptors (Lipinski definition) is 4. The van der Waals surface area contributed by atoms with Gasteiger partial charge in [0.25, 0.3) is 5.91 Å². The second kappa shape index (κ2) is 9.00. The molecule has 1 aromatic carbocycles. The van der Waals surface area contributed by atoms with Gasteiger partial charge < -0.3 is 15.0 Å². The maximum absolute atomic E-state index is 13.1. The van der Waals surface area contributed by atoms with Crippen LogP contribution in [0.2, 0.25) is 0 Å². The molecule has 2 aromatic rings. The normalized spacial score (nSPS) is 21.2. The minimum atomic E-state index is -4.41. The third-order valence-corrected chi connectivity index (χ3v) is 5.97. The number of piperidine rings is 1. The number of carbonyl (C=O) groups excluding carboxylic acids is 1. The highest BCUT2D eigenvalue weighted by Gasteiger charge is 2.31. The number of alkyl halides is 3. The summed E-state index contributed by atoms with van der Waals surface area (Å²) in [5, 5.41) is 7.56. The van der Waals surface area contributed by atoms with Crippen LogP contribution in [0.15, 0.2) is 30.5 Å². The van der Waals surface area contributed by atoms with Crippen molar-refractivity contribution in [3.05, 3.63) is 41.7 Å². The highest BCUT2D eigenvalue weighted by molar-refractivity contribution is 5.99. The maximum atomic E-state index is 13.1. The number of carbonyl (C=O) groups is 1. The van der Waals surface area contributed by atoms with Gasteiger partial charge >= 0.3 is 6.18 Å². The average molecular weight is 436 g/mol. The zero-order valence-corrected chi connectivity index (χ0v) is 17.5. The first-order valence-corrected chi connectivity index (χ1v) is 10.7. The fraction of sp³-hybridized carbons (Fsp3) is 0.545. The van der Waals surface area contributed by atoms with Gasteiger partial charge in [0, 0.05) is 24.4 Å². The summed E-state index contributed by atoms with van der Waals surface area (Å²) in [6, 6.07) is 4.89. The van der Waals surface area contributed by atoms with E-state index >= 15 is 0 Å². The number of ether oxygens (including phenoxy) is 1. The molecule has 31 heavy (non-hydrogen) atoms. The topological polar surface area (TPSA) is 59.4 Å². The molecular formula is C22H27F3N4O2. The molecule has 0 spiro atoms. The number of amides is 1. The molecule has 0 radical (unpaired) electrons. The van der Waals surface area contributed by atoms with E-state index in [2.05, 4.69) is 15.3 Å². The van der Waals surface area contributed by atoms with Crippen LogP contribution in [0.3, 0.4) is 0 Å². The molecule has 3 heterocycles. The van der Waals surface area contributed by atoms with Gasteiger partial charge in [-0.05, 0) is 69.9 Å². The van der Waals surface area contributed by atoms with E-state index in [9.17, 15) is 18.0 Å². The zero-order valence-electron chi connectivity index (χ0n) is 17.5. The third kappa shape index (κ3) is 5.10. The predicted octanol–water partition coefficient (Wildman–Crippen LogP) is 4.09. The molecule has 4 rings (SSSR count). The van der Waals surface area contributed by atoms with E-state index in [-0.39, 0.29) is 23.9 Å². The maximum Gasteiger partial charge on any atom is 0.416 e. The number of aromatic nitrogens is 2. The summed E-state index contributed by atoms with van der Waals surface area (Å²) in [7, 11) is 2.05. The molecule has 1 amide bonds. The number of nitrogens with zero attached hydrogens (tertiary/aromatic N) is 3. The molecule has 0 aliphatic carbocycles. The highest BCUT2D eigenvalue weighted by atomic mass is 19.4. The van der Waals surface area contributed by atoms with Gasteiger partial charge in [0.1, 0.15) is 6.23 Å². The zero-order chi connectivity index (χ0) is 22.0. The molecule has 2 aliphatic rings. The van der Waals surface area contributed by atoms with Crippen LogP contribution in [-0.2, 0) is 10.9 Å².